The molecule has 0 aromatic carbocycles. The van der Waals surface area contributed by atoms with E-state index in [1.807, 2.05) is 6.92 Å². The molecule has 108 valence electrons. The highest BCUT2D eigenvalue weighted by molar-refractivity contribution is 5.99. The minimum absolute atomic E-state index is 0.0163. The summed E-state index contributed by atoms with van der Waals surface area (Å²) >= 11 is 0. The van der Waals surface area contributed by atoms with Gasteiger partial charge in [0.25, 0.3) is 0 Å². The molecule has 2 rings (SSSR count). The number of hydrogen-bond donors (Lipinski definition) is 1. The van der Waals surface area contributed by atoms with Crippen LogP contribution in [0.3, 0.4) is 0 Å². The van der Waals surface area contributed by atoms with Crippen LogP contribution in [0.5, 0.6) is 0 Å². The predicted octanol–water partition coefficient (Wildman–Crippen LogP) is 1.07. The summed E-state index contributed by atoms with van der Waals surface area (Å²) in [6, 6.07) is -0.427. The van der Waals surface area contributed by atoms with Gasteiger partial charge in [0, 0.05) is 13.7 Å². The number of ether oxygens (including phenoxy) is 1. The first-order valence-electron chi connectivity index (χ1n) is 7.16. The zero-order valence-electron chi connectivity index (χ0n) is 12.1. The highest BCUT2D eigenvalue weighted by Crippen LogP contribution is 2.36. The van der Waals surface area contributed by atoms with E-state index in [-0.39, 0.29) is 17.9 Å². The van der Waals surface area contributed by atoms with E-state index < -0.39 is 11.6 Å². The fraction of sp³-hybridized carbons (Fsp3) is 0.857. The molecule has 1 spiro atoms. The minimum atomic E-state index is -0.630. The van der Waals surface area contributed by atoms with Crippen molar-refractivity contribution in [1.82, 2.24) is 10.2 Å². The van der Waals surface area contributed by atoms with Crippen LogP contribution in [0.25, 0.3) is 0 Å². The number of methoxy groups -OCH3 is 1. The van der Waals surface area contributed by atoms with E-state index in [0.717, 1.165) is 32.1 Å². The maximum Gasteiger partial charge on any atom is 0.246 e. The SMILES string of the molecule is COC(C)CN1C(=O)C(C)NC(=O)C12CCCCC2. The molecule has 5 heteroatoms. The Morgan fingerprint density at radius 2 is 2.00 bits per heavy atom. The van der Waals surface area contributed by atoms with Crippen molar-refractivity contribution in [2.75, 3.05) is 13.7 Å². The first-order chi connectivity index (χ1) is 9.01. The van der Waals surface area contributed by atoms with Crippen molar-refractivity contribution in [3.8, 4) is 0 Å². The Kier molecular flexibility index (Phi) is 4.13. The number of nitrogens with zero attached hydrogens (tertiary/aromatic N) is 1. The van der Waals surface area contributed by atoms with Gasteiger partial charge in [0.1, 0.15) is 11.6 Å². The lowest BCUT2D eigenvalue weighted by Gasteiger charge is -2.50. The number of amides is 2. The summed E-state index contributed by atoms with van der Waals surface area (Å²) in [6.07, 6.45) is 4.65. The summed E-state index contributed by atoms with van der Waals surface area (Å²) in [5.74, 6) is 0.0352. The number of piperazine rings is 1. The van der Waals surface area contributed by atoms with E-state index in [2.05, 4.69) is 5.32 Å². The lowest BCUT2D eigenvalue weighted by atomic mass is 9.77. The molecule has 1 saturated heterocycles. The van der Waals surface area contributed by atoms with Crippen LogP contribution >= 0.6 is 0 Å². The fourth-order valence-corrected chi connectivity index (χ4v) is 3.19. The molecule has 1 saturated carbocycles. The third-order valence-corrected chi connectivity index (χ3v) is 4.45. The highest BCUT2D eigenvalue weighted by atomic mass is 16.5. The molecule has 19 heavy (non-hydrogen) atoms. The zero-order valence-corrected chi connectivity index (χ0v) is 12.1. The Bertz CT molecular complexity index is 364. The molecule has 2 atom stereocenters. The summed E-state index contributed by atoms with van der Waals surface area (Å²) < 4.78 is 5.28. The van der Waals surface area contributed by atoms with Crippen LogP contribution in [0.15, 0.2) is 0 Å². The lowest BCUT2D eigenvalue weighted by molar-refractivity contribution is -0.161. The van der Waals surface area contributed by atoms with Gasteiger partial charge in [-0.1, -0.05) is 19.3 Å². The van der Waals surface area contributed by atoms with Gasteiger partial charge in [0.15, 0.2) is 0 Å². The first kappa shape index (κ1) is 14.3. The third-order valence-electron chi connectivity index (χ3n) is 4.45. The summed E-state index contributed by atoms with van der Waals surface area (Å²) in [6.45, 7) is 4.18. The van der Waals surface area contributed by atoms with Gasteiger partial charge in [-0.25, -0.2) is 0 Å². The molecule has 0 aromatic rings. The van der Waals surface area contributed by atoms with Gasteiger partial charge in [-0.3, -0.25) is 9.59 Å². The average molecular weight is 268 g/mol. The average Bonchev–Trinajstić information content (AvgIpc) is 2.42. The Hall–Kier alpha value is -1.10. The van der Waals surface area contributed by atoms with Crippen molar-refractivity contribution in [3.63, 3.8) is 0 Å². The highest BCUT2D eigenvalue weighted by Gasteiger charge is 2.51. The second kappa shape index (κ2) is 5.49. The summed E-state index contributed by atoms with van der Waals surface area (Å²) in [5, 5.41) is 2.84. The van der Waals surface area contributed by atoms with Gasteiger partial charge >= 0.3 is 0 Å². The zero-order chi connectivity index (χ0) is 14.0. The van der Waals surface area contributed by atoms with Crippen LogP contribution in [0, 0.1) is 0 Å². The monoisotopic (exact) mass is 268 g/mol. The van der Waals surface area contributed by atoms with Crippen molar-refractivity contribution in [1.29, 1.82) is 0 Å². The summed E-state index contributed by atoms with van der Waals surface area (Å²) in [4.78, 5) is 26.7. The van der Waals surface area contributed by atoms with Crippen molar-refractivity contribution >= 4 is 11.8 Å². The van der Waals surface area contributed by atoms with E-state index >= 15 is 0 Å². The number of nitrogens with one attached hydrogen (secondary N) is 1. The summed E-state index contributed by atoms with van der Waals surface area (Å²) in [5.41, 5.74) is -0.630. The third kappa shape index (κ3) is 2.48. The number of carbonyl (C=O) groups is 2. The fourth-order valence-electron chi connectivity index (χ4n) is 3.19. The Labute approximate surface area is 114 Å². The normalized spacial score (nSPS) is 28.4. The van der Waals surface area contributed by atoms with Gasteiger partial charge in [-0.2, -0.15) is 0 Å². The molecular weight excluding hydrogens is 244 g/mol. The van der Waals surface area contributed by atoms with Crippen molar-refractivity contribution in [2.45, 2.75) is 63.6 Å². The molecule has 1 heterocycles. The van der Waals surface area contributed by atoms with Crippen LogP contribution in [-0.2, 0) is 14.3 Å². The maximum atomic E-state index is 12.5. The molecule has 2 aliphatic rings. The molecule has 5 nitrogen and oxygen atoms in total. The van der Waals surface area contributed by atoms with Gasteiger partial charge in [-0.15, -0.1) is 0 Å². The van der Waals surface area contributed by atoms with Gasteiger partial charge in [-0.05, 0) is 26.7 Å². The number of carbonyl (C=O) groups excluding carboxylic acids is 2. The minimum Gasteiger partial charge on any atom is -0.380 e. The molecule has 1 aliphatic carbocycles. The van der Waals surface area contributed by atoms with E-state index in [1.165, 1.54) is 0 Å². The number of hydrogen-bond acceptors (Lipinski definition) is 3. The lowest BCUT2D eigenvalue weighted by Crippen LogP contribution is -2.71. The molecule has 0 bridgehead atoms. The van der Waals surface area contributed by atoms with Crippen LogP contribution in [-0.4, -0.2) is 48.1 Å². The Balaban J connectivity index is 2.28. The maximum absolute atomic E-state index is 12.5. The van der Waals surface area contributed by atoms with Gasteiger partial charge in [0.2, 0.25) is 11.8 Å². The van der Waals surface area contributed by atoms with Crippen molar-refractivity contribution in [2.24, 2.45) is 0 Å². The molecule has 2 unspecified atom stereocenters. The summed E-state index contributed by atoms with van der Waals surface area (Å²) in [7, 11) is 1.64. The molecule has 2 amide bonds. The van der Waals surface area contributed by atoms with Gasteiger partial charge < -0.3 is 15.0 Å². The molecule has 1 aliphatic heterocycles. The Morgan fingerprint density at radius 3 is 2.58 bits per heavy atom. The predicted molar refractivity (Wildman–Crippen MR) is 71.6 cm³/mol. The van der Waals surface area contributed by atoms with Crippen LogP contribution in [0.2, 0.25) is 0 Å². The van der Waals surface area contributed by atoms with E-state index in [9.17, 15) is 9.59 Å². The molecule has 1 N–H and O–H groups in total. The van der Waals surface area contributed by atoms with E-state index in [0.29, 0.717) is 6.54 Å². The topological polar surface area (TPSA) is 58.6 Å². The standard InChI is InChI=1S/C14H24N2O3/c1-10(19-3)9-16-12(17)11(2)15-13(18)14(16)7-5-4-6-8-14/h10-11H,4-9H2,1-3H3,(H,15,18). The van der Waals surface area contributed by atoms with E-state index in [1.54, 1.807) is 18.9 Å². The Morgan fingerprint density at radius 1 is 1.37 bits per heavy atom. The van der Waals surface area contributed by atoms with Gasteiger partial charge in [0.05, 0.1) is 6.10 Å². The smallest absolute Gasteiger partial charge is 0.246 e. The molecule has 2 fully saturated rings. The molecular formula is C14H24N2O3. The van der Waals surface area contributed by atoms with E-state index in [4.69, 9.17) is 4.74 Å². The van der Waals surface area contributed by atoms with Crippen molar-refractivity contribution in [3.05, 3.63) is 0 Å². The first-order valence-corrected chi connectivity index (χ1v) is 7.16. The quantitative estimate of drug-likeness (QED) is 0.833. The van der Waals surface area contributed by atoms with Crippen molar-refractivity contribution < 1.29 is 14.3 Å². The molecule has 0 radical (unpaired) electrons. The second-order valence-electron chi connectivity index (χ2n) is 5.78. The largest absolute Gasteiger partial charge is 0.380 e. The van der Waals surface area contributed by atoms with Crippen LogP contribution < -0.4 is 5.32 Å². The van der Waals surface area contributed by atoms with Crippen LogP contribution in [0.4, 0.5) is 0 Å². The number of rotatable bonds is 3. The second-order valence-corrected chi connectivity index (χ2v) is 5.78. The molecule has 0 aromatic heterocycles. The van der Waals surface area contributed by atoms with Crippen LogP contribution in [0.1, 0.15) is 46.0 Å².